The van der Waals surface area contributed by atoms with Crippen molar-refractivity contribution in [1.29, 1.82) is 0 Å². The molecule has 11 heavy (non-hydrogen) atoms. The van der Waals surface area contributed by atoms with Gasteiger partial charge in [-0.2, -0.15) is 0 Å². The second-order valence-corrected chi connectivity index (χ2v) is 3.48. The fraction of sp³-hybridized carbons (Fsp3) is 0.800. The van der Waals surface area contributed by atoms with Gasteiger partial charge in [0.1, 0.15) is 0 Å². The highest BCUT2D eigenvalue weighted by Crippen LogP contribution is 2.28. The second kappa shape index (κ2) is 4.55. The molecule has 0 aromatic carbocycles. The van der Waals surface area contributed by atoms with Gasteiger partial charge in [0, 0.05) is 0 Å². The molecule has 1 aliphatic rings. The Labute approximate surface area is 69.7 Å². The van der Waals surface area contributed by atoms with E-state index < -0.39 is 0 Å². The summed E-state index contributed by atoms with van der Waals surface area (Å²) in [5, 5.41) is 0. The molecule has 64 valence electrons. The molecule has 2 N–H and O–H groups in total. The quantitative estimate of drug-likeness (QED) is 0.620. The molecular formula is C10H19N. The number of hydrogen-bond acceptors (Lipinski definition) is 1. The van der Waals surface area contributed by atoms with Crippen LogP contribution in [0.3, 0.4) is 0 Å². The highest BCUT2D eigenvalue weighted by molar-refractivity contribution is 5.14. The van der Waals surface area contributed by atoms with Gasteiger partial charge in [-0.25, -0.2) is 0 Å². The first-order chi connectivity index (χ1) is 5.34. The van der Waals surface area contributed by atoms with Crippen LogP contribution in [0.5, 0.6) is 0 Å². The van der Waals surface area contributed by atoms with Crippen molar-refractivity contribution in [1.82, 2.24) is 0 Å². The Morgan fingerprint density at radius 3 is 2.55 bits per heavy atom. The maximum atomic E-state index is 5.45. The molecule has 1 rings (SSSR count). The fourth-order valence-corrected chi connectivity index (χ4v) is 1.77. The summed E-state index contributed by atoms with van der Waals surface area (Å²) >= 11 is 0. The zero-order valence-electron chi connectivity index (χ0n) is 7.53. The van der Waals surface area contributed by atoms with E-state index in [0.29, 0.717) is 0 Å². The van der Waals surface area contributed by atoms with Gasteiger partial charge >= 0.3 is 0 Å². The highest BCUT2D eigenvalue weighted by Gasteiger charge is 2.08. The Bertz CT molecular complexity index is 139. The SMILES string of the molecule is CC(CCCN)=C1CCCC1. The summed E-state index contributed by atoms with van der Waals surface area (Å²) in [6.07, 6.45) is 7.93. The third kappa shape index (κ3) is 2.66. The minimum atomic E-state index is 0.838. The molecule has 1 saturated carbocycles. The van der Waals surface area contributed by atoms with Crippen molar-refractivity contribution < 1.29 is 0 Å². The molecule has 0 saturated heterocycles. The van der Waals surface area contributed by atoms with E-state index in [-0.39, 0.29) is 0 Å². The van der Waals surface area contributed by atoms with Gasteiger partial charge in [-0.3, -0.25) is 0 Å². The Balaban J connectivity index is 2.35. The fourth-order valence-electron chi connectivity index (χ4n) is 1.77. The highest BCUT2D eigenvalue weighted by atomic mass is 14.5. The lowest BCUT2D eigenvalue weighted by Gasteiger charge is -2.03. The van der Waals surface area contributed by atoms with E-state index in [1.807, 2.05) is 0 Å². The van der Waals surface area contributed by atoms with Crippen molar-refractivity contribution in [3.63, 3.8) is 0 Å². The lowest BCUT2D eigenvalue weighted by molar-refractivity contribution is 0.807. The second-order valence-electron chi connectivity index (χ2n) is 3.48. The van der Waals surface area contributed by atoms with Gasteiger partial charge in [-0.1, -0.05) is 11.1 Å². The molecule has 1 heteroatoms. The third-order valence-electron chi connectivity index (χ3n) is 2.57. The van der Waals surface area contributed by atoms with E-state index in [4.69, 9.17) is 5.73 Å². The molecule has 1 aliphatic carbocycles. The van der Waals surface area contributed by atoms with Crippen LogP contribution in [0, 0.1) is 0 Å². The molecule has 0 bridgehead atoms. The predicted octanol–water partition coefficient (Wildman–Crippen LogP) is 2.62. The average Bonchev–Trinajstić information content (AvgIpc) is 2.52. The van der Waals surface area contributed by atoms with Crippen molar-refractivity contribution in [2.75, 3.05) is 6.54 Å². The Hall–Kier alpha value is -0.300. The summed E-state index contributed by atoms with van der Waals surface area (Å²) in [6.45, 7) is 3.11. The van der Waals surface area contributed by atoms with Crippen LogP contribution in [0.4, 0.5) is 0 Å². The molecular weight excluding hydrogens is 134 g/mol. The topological polar surface area (TPSA) is 26.0 Å². The summed E-state index contributed by atoms with van der Waals surface area (Å²) in [7, 11) is 0. The maximum Gasteiger partial charge on any atom is -0.00742 e. The maximum absolute atomic E-state index is 5.45. The number of allylic oxidation sites excluding steroid dienone is 2. The van der Waals surface area contributed by atoms with Gasteiger partial charge in [-0.15, -0.1) is 0 Å². The van der Waals surface area contributed by atoms with Crippen molar-refractivity contribution >= 4 is 0 Å². The van der Waals surface area contributed by atoms with Crippen LogP contribution in [-0.2, 0) is 0 Å². The summed E-state index contributed by atoms with van der Waals surface area (Å²) < 4.78 is 0. The molecule has 0 unspecified atom stereocenters. The first-order valence-corrected chi connectivity index (χ1v) is 4.72. The van der Waals surface area contributed by atoms with Crippen molar-refractivity contribution in [2.24, 2.45) is 5.73 Å². The normalized spacial score (nSPS) is 17.5. The largest absolute Gasteiger partial charge is 0.330 e. The Morgan fingerprint density at radius 1 is 1.36 bits per heavy atom. The average molecular weight is 153 g/mol. The summed E-state index contributed by atoms with van der Waals surface area (Å²) in [6, 6.07) is 0. The van der Waals surface area contributed by atoms with Crippen LogP contribution in [0.1, 0.15) is 45.4 Å². The van der Waals surface area contributed by atoms with Crippen LogP contribution in [0.25, 0.3) is 0 Å². The zero-order chi connectivity index (χ0) is 8.10. The molecule has 0 radical (unpaired) electrons. The number of hydrogen-bond donors (Lipinski definition) is 1. The lowest BCUT2D eigenvalue weighted by atomic mass is 10.0. The molecule has 0 aliphatic heterocycles. The van der Waals surface area contributed by atoms with E-state index in [2.05, 4.69) is 6.92 Å². The number of nitrogens with two attached hydrogens (primary N) is 1. The van der Waals surface area contributed by atoms with E-state index in [0.717, 1.165) is 13.0 Å². The molecule has 0 amide bonds. The molecule has 0 aromatic rings. The van der Waals surface area contributed by atoms with Gasteiger partial charge < -0.3 is 5.73 Å². The van der Waals surface area contributed by atoms with Crippen LogP contribution < -0.4 is 5.73 Å². The molecule has 0 atom stereocenters. The smallest absolute Gasteiger partial charge is 0.00742 e. The number of rotatable bonds is 3. The van der Waals surface area contributed by atoms with E-state index in [1.165, 1.54) is 32.1 Å². The van der Waals surface area contributed by atoms with Crippen molar-refractivity contribution in [3.8, 4) is 0 Å². The zero-order valence-corrected chi connectivity index (χ0v) is 7.53. The van der Waals surface area contributed by atoms with Crippen LogP contribution in [-0.4, -0.2) is 6.54 Å². The Kier molecular flexibility index (Phi) is 3.64. The van der Waals surface area contributed by atoms with E-state index >= 15 is 0 Å². The first-order valence-electron chi connectivity index (χ1n) is 4.72. The molecule has 0 heterocycles. The van der Waals surface area contributed by atoms with E-state index in [9.17, 15) is 0 Å². The lowest BCUT2D eigenvalue weighted by Crippen LogP contribution is -1.98. The van der Waals surface area contributed by atoms with Gasteiger partial charge in [0.05, 0.1) is 0 Å². The van der Waals surface area contributed by atoms with Crippen molar-refractivity contribution in [2.45, 2.75) is 45.4 Å². The third-order valence-corrected chi connectivity index (χ3v) is 2.57. The molecule has 0 spiro atoms. The molecule has 0 aromatic heterocycles. The standard InChI is InChI=1S/C10H19N/c1-9(5-4-8-11)10-6-2-3-7-10/h2-8,11H2,1H3. The van der Waals surface area contributed by atoms with E-state index in [1.54, 1.807) is 11.1 Å². The minimum absolute atomic E-state index is 0.838. The van der Waals surface area contributed by atoms with Gasteiger partial charge in [0.2, 0.25) is 0 Å². The molecule has 1 fully saturated rings. The Morgan fingerprint density at radius 2 is 2.00 bits per heavy atom. The summed E-state index contributed by atoms with van der Waals surface area (Å²) in [5.74, 6) is 0. The monoisotopic (exact) mass is 153 g/mol. The minimum Gasteiger partial charge on any atom is -0.330 e. The summed E-state index contributed by atoms with van der Waals surface area (Å²) in [5.41, 5.74) is 8.79. The predicted molar refractivity (Wildman–Crippen MR) is 49.5 cm³/mol. The summed E-state index contributed by atoms with van der Waals surface area (Å²) in [4.78, 5) is 0. The van der Waals surface area contributed by atoms with Gasteiger partial charge in [0.15, 0.2) is 0 Å². The van der Waals surface area contributed by atoms with Crippen LogP contribution >= 0.6 is 0 Å². The van der Waals surface area contributed by atoms with Crippen LogP contribution in [0.2, 0.25) is 0 Å². The van der Waals surface area contributed by atoms with Gasteiger partial charge in [0.25, 0.3) is 0 Å². The first kappa shape index (κ1) is 8.79. The van der Waals surface area contributed by atoms with Crippen LogP contribution in [0.15, 0.2) is 11.1 Å². The van der Waals surface area contributed by atoms with Crippen molar-refractivity contribution in [3.05, 3.63) is 11.1 Å². The van der Waals surface area contributed by atoms with Gasteiger partial charge in [-0.05, 0) is 52.0 Å². The molecule has 1 nitrogen and oxygen atoms in total.